The molecule has 0 saturated carbocycles. The summed E-state index contributed by atoms with van der Waals surface area (Å²) in [6.45, 7) is 9.10. The maximum absolute atomic E-state index is 11.4. The fourth-order valence-corrected chi connectivity index (χ4v) is 2.24. The third kappa shape index (κ3) is 6.03. The number of hydrogen-bond donors (Lipinski definition) is 2. The van der Waals surface area contributed by atoms with Crippen LogP contribution < -0.4 is 10.6 Å². The second kappa shape index (κ2) is 8.48. The summed E-state index contributed by atoms with van der Waals surface area (Å²) in [5.41, 5.74) is 0. The van der Waals surface area contributed by atoms with Crippen molar-refractivity contribution < 1.29 is 4.79 Å². The zero-order valence-corrected chi connectivity index (χ0v) is 11.3. The van der Waals surface area contributed by atoms with Crippen molar-refractivity contribution >= 4 is 5.91 Å². The average molecular weight is 241 g/mol. The molecule has 4 heteroatoms. The summed E-state index contributed by atoms with van der Waals surface area (Å²) in [4.78, 5) is 13.9. The van der Waals surface area contributed by atoms with Crippen LogP contribution in [0, 0.1) is 0 Å². The number of carbonyl (C=O) groups excluding carboxylic acids is 1. The van der Waals surface area contributed by atoms with E-state index in [1.54, 1.807) is 0 Å². The van der Waals surface area contributed by atoms with Crippen molar-refractivity contribution in [2.75, 3.05) is 32.7 Å². The third-order valence-electron chi connectivity index (χ3n) is 3.25. The van der Waals surface area contributed by atoms with Gasteiger partial charge in [0, 0.05) is 12.6 Å². The predicted octanol–water partition coefficient (Wildman–Crippen LogP) is 0.977. The molecule has 0 radical (unpaired) electrons. The molecule has 0 spiro atoms. The summed E-state index contributed by atoms with van der Waals surface area (Å²) in [7, 11) is 0. The van der Waals surface area contributed by atoms with Crippen LogP contribution in [0.1, 0.15) is 39.5 Å². The molecule has 1 aliphatic heterocycles. The molecule has 1 amide bonds. The molecule has 0 bridgehead atoms. The van der Waals surface area contributed by atoms with Crippen LogP contribution in [0.15, 0.2) is 0 Å². The Morgan fingerprint density at radius 1 is 1.24 bits per heavy atom. The van der Waals surface area contributed by atoms with E-state index in [-0.39, 0.29) is 5.91 Å². The highest BCUT2D eigenvalue weighted by Gasteiger charge is 2.18. The van der Waals surface area contributed by atoms with Crippen LogP contribution in [-0.2, 0) is 4.79 Å². The fraction of sp³-hybridized carbons (Fsp3) is 0.923. The van der Waals surface area contributed by atoms with E-state index in [0.29, 0.717) is 12.6 Å². The van der Waals surface area contributed by atoms with E-state index in [4.69, 9.17) is 0 Å². The van der Waals surface area contributed by atoms with Crippen LogP contribution in [0.3, 0.4) is 0 Å². The number of rotatable bonds is 7. The zero-order chi connectivity index (χ0) is 12.5. The minimum absolute atomic E-state index is 0.128. The van der Waals surface area contributed by atoms with Crippen LogP contribution in [0.5, 0.6) is 0 Å². The average Bonchev–Trinajstić information content (AvgIpc) is 2.36. The van der Waals surface area contributed by atoms with Gasteiger partial charge in [-0.05, 0) is 45.3 Å². The second-order valence-electron chi connectivity index (χ2n) is 4.85. The lowest BCUT2D eigenvalue weighted by molar-refractivity contribution is -0.120. The van der Waals surface area contributed by atoms with Gasteiger partial charge in [0.1, 0.15) is 0 Å². The summed E-state index contributed by atoms with van der Waals surface area (Å²) in [6.07, 6.45) is 4.57. The van der Waals surface area contributed by atoms with Crippen molar-refractivity contribution in [3.63, 3.8) is 0 Å². The van der Waals surface area contributed by atoms with Gasteiger partial charge in [0.2, 0.25) is 5.91 Å². The number of likely N-dealkylation sites (tertiary alicyclic amines) is 1. The highest BCUT2D eigenvalue weighted by molar-refractivity contribution is 5.77. The molecule has 1 aliphatic rings. The fourth-order valence-electron chi connectivity index (χ4n) is 2.24. The van der Waals surface area contributed by atoms with Crippen molar-refractivity contribution in [2.45, 2.75) is 45.6 Å². The van der Waals surface area contributed by atoms with Gasteiger partial charge in [-0.1, -0.05) is 13.8 Å². The van der Waals surface area contributed by atoms with Gasteiger partial charge in [-0.25, -0.2) is 0 Å². The molecule has 0 atom stereocenters. The van der Waals surface area contributed by atoms with Gasteiger partial charge in [-0.15, -0.1) is 0 Å². The van der Waals surface area contributed by atoms with Gasteiger partial charge in [-0.3, -0.25) is 4.79 Å². The van der Waals surface area contributed by atoms with Crippen molar-refractivity contribution in [1.82, 2.24) is 15.5 Å². The lowest BCUT2D eigenvalue weighted by Gasteiger charge is -2.32. The van der Waals surface area contributed by atoms with Gasteiger partial charge in [-0.2, -0.15) is 0 Å². The molecular weight excluding hydrogens is 214 g/mol. The third-order valence-corrected chi connectivity index (χ3v) is 3.25. The van der Waals surface area contributed by atoms with Crippen LogP contribution in [-0.4, -0.2) is 49.6 Å². The van der Waals surface area contributed by atoms with Crippen molar-refractivity contribution in [2.24, 2.45) is 0 Å². The van der Waals surface area contributed by atoms with Gasteiger partial charge < -0.3 is 15.5 Å². The van der Waals surface area contributed by atoms with Crippen molar-refractivity contribution in [3.8, 4) is 0 Å². The molecule has 1 fully saturated rings. The molecule has 1 rings (SSSR count). The minimum atomic E-state index is 0.128. The van der Waals surface area contributed by atoms with E-state index in [0.717, 1.165) is 13.0 Å². The Hall–Kier alpha value is -0.610. The SMILES string of the molecule is CCCNC(=O)CNC1CCN(CCC)CC1. The Bertz CT molecular complexity index is 213. The van der Waals surface area contributed by atoms with E-state index in [9.17, 15) is 4.79 Å². The molecule has 2 N–H and O–H groups in total. The Morgan fingerprint density at radius 2 is 1.94 bits per heavy atom. The maximum Gasteiger partial charge on any atom is 0.233 e. The van der Waals surface area contributed by atoms with E-state index in [1.165, 1.54) is 38.9 Å². The van der Waals surface area contributed by atoms with Gasteiger partial charge in [0.15, 0.2) is 0 Å². The summed E-state index contributed by atoms with van der Waals surface area (Å²) in [6, 6.07) is 0.524. The molecule has 17 heavy (non-hydrogen) atoms. The van der Waals surface area contributed by atoms with Gasteiger partial charge in [0.05, 0.1) is 6.54 Å². The Labute approximate surface area is 105 Å². The number of amides is 1. The molecule has 0 aromatic heterocycles. The summed E-state index contributed by atoms with van der Waals surface area (Å²) in [5.74, 6) is 0.128. The lowest BCUT2D eigenvalue weighted by Crippen LogP contribution is -2.45. The molecule has 0 unspecified atom stereocenters. The summed E-state index contributed by atoms with van der Waals surface area (Å²) < 4.78 is 0. The molecule has 0 aromatic carbocycles. The predicted molar refractivity (Wildman–Crippen MR) is 71.1 cm³/mol. The standard InChI is InChI=1S/C13H27N3O/c1-3-7-14-13(17)11-15-12-5-9-16(8-4-2)10-6-12/h12,15H,3-11H2,1-2H3,(H,14,17). The molecule has 0 aromatic rings. The highest BCUT2D eigenvalue weighted by atomic mass is 16.1. The monoisotopic (exact) mass is 241 g/mol. The molecule has 1 saturated heterocycles. The normalized spacial score (nSPS) is 18.2. The number of nitrogens with zero attached hydrogens (tertiary/aromatic N) is 1. The number of hydrogen-bond acceptors (Lipinski definition) is 3. The van der Waals surface area contributed by atoms with E-state index in [2.05, 4.69) is 29.4 Å². The Morgan fingerprint density at radius 3 is 2.53 bits per heavy atom. The van der Waals surface area contributed by atoms with Crippen LogP contribution in [0.25, 0.3) is 0 Å². The summed E-state index contributed by atoms with van der Waals surface area (Å²) in [5, 5.41) is 6.24. The first-order valence-corrected chi connectivity index (χ1v) is 6.98. The Kier molecular flexibility index (Phi) is 7.21. The van der Waals surface area contributed by atoms with Crippen LogP contribution in [0.2, 0.25) is 0 Å². The quantitative estimate of drug-likeness (QED) is 0.698. The number of carbonyl (C=O) groups is 1. The van der Waals surface area contributed by atoms with E-state index >= 15 is 0 Å². The molecule has 4 nitrogen and oxygen atoms in total. The summed E-state index contributed by atoms with van der Waals surface area (Å²) >= 11 is 0. The number of nitrogens with one attached hydrogen (secondary N) is 2. The van der Waals surface area contributed by atoms with Crippen molar-refractivity contribution in [1.29, 1.82) is 0 Å². The topological polar surface area (TPSA) is 44.4 Å². The Balaban J connectivity index is 2.07. The van der Waals surface area contributed by atoms with Crippen LogP contribution in [0.4, 0.5) is 0 Å². The second-order valence-corrected chi connectivity index (χ2v) is 4.85. The smallest absolute Gasteiger partial charge is 0.233 e. The molecule has 100 valence electrons. The first-order chi connectivity index (χ1) is 8.26. The van der Waals surface area contributed by atoms with Gasteiger partial charge >= 0.3 is 0 Å². The molecule has 1 heterocycles. The molecular formula is C13H27N3O. The minimum Gasteiger partial charge on any atom is -0.355 e. The zero-order valence-electron chi connectivity index (χ0n) is 11.3. The van der Waals surface area contributed by atoms with E-state index < -0.39 is 0 Å². The van der Waals surface area contributed by atoms with Crippen LogP contribution >= 0.6 is 0 Å². The lowest BCUT2D eigenvalue weighted by atomic mass is 10.0. The van der Waals surface area contributed by atoms with Gasteiger partial charge in [0.25, 0.3) is 0 Å². The largest absolute Gasteiger partial charge is 0.355 e. The molecule has 0 aliphatic carbocycles. The maximum atomic E-state index is 11.4. The van der Waals surface area contributed by atoms with E-state index in [1.807, 2.05) is 0 Å². The highest BCUT2D eigenvalue weighted by Crippen LogP contribution is 2.10. The first-order valence-electron chi connectivity index (χ1n) is 6.98. The first kappa shape index (κ1) is 14.5. The van der Waals surface area contributed by atoms with Crippen molar-refractivity contribution in [3.05, 3.63) is 0 Å². The number of piperidine rings is 1.